The number of ether oxygens (including phenoxy) is 2. The van der Waals surface area contributed by atoms with Gasteiger partial charge in [-0.2, -0.15) is 0 Å². The van der Waals surface area contributed by atoms with Crippen LogP contribution in [0.1, 0.15) is 22.8 Å². The molecule has 0 radical (unpaired) electrons. The average Bonchev–Trinajstić information content (AvgIpc) is 3.76. The Kier molecular flexibility index (Phi) is 6.81. The minimum atomic E-state index is -0.390. The molecular formula is C31H28BrN3O6S2. The minimum absolute atomic E-state index is 0.0187. The van der Waals surface area contributed by atoms with Gasteiger partial charge in [0.05, 0.1) is 35.8 Å². The second-order valence-corrected chi connectivity index (χ2v) is 14.9. The van der Waals surface area contributed by atoms with E-state index in [1.54, 1.807) is 16.7 Å². The maximum absolute atomic E-state index is 14.0. The molecule has 7 atom stereocenters. The van der Waals surface area contributed by atoms with Gasteiger partial charge in [0, 0.05) is 39.2 Å². The minimum Gasteiger partial charge on any atom is -0.483 e. The third-order valence-electron chi connectivity index (χ3n) is 9.76. The monoisotopic (exact) mass is 681 g/mol. The molecule has 2 aromatic carbocycles. The van der Waals surface area contributed by atoms with Crippen LogP contribution in [0.2, 0.25) is 0 Å². The summed E-state index contributed by atoms with van der Waals surface area (Å²) in [4.78, 5) is 60.5. The summed E-state index contributed by atoms with van der Waals surface area (Å²) in [6, 6.07) is 15.0. The fraction of sp³-hybridized carbons (Fsp3) is 0.419. The van der Waals surface area contributed by atoms with Gasteiger partial charge in [-0.1, -0.05) is 45.5 Å². The predicted octanol–water partition coefficient (Wildman–Crippen LogP) is 4.11. The van der Waals surface area contributed by atoms with Crippen LogP contribution in [0.3, 0.4) is 0 Å². The lowest BCUT2D eigenvalue weighted by molar-refractivity contribution is -0.137. The van der Waals surface area contributed by atoms with Crippen LogP contribution in [0.15, 0.2) is 62.8 Å². The van der Waals surface area contributed by atoms with E-state index in [-0.39, 0.29) is 64.0 Å². The van der Waals surface area contributed by atoms with E-state index in [1.807, 2.05) is 48.5 Å². The number of hydrogen-bond acceptors (Lipinski definition) is 8. The van der Waals surface area contributed by atoms with Gasteiger partial charge in [-0.3, -0.25) is 24.1 Å². The van der Waals surface area contributed by atoms with E-state index in [1.165, 1.54) is 16.2 Å². The number of para-hydroxylation sites is 1. The van der Waals surface area contributed by atoms with Crippen molar-refractivity contribution in [1.29, 1.82) is 0 Å². The highest BCUT2D eigenvalue weighted by Crippen LogP contribution is 2.69. The fourth-order valence-corrected chi connectivity index (χ4v) is 11.4. The summed E-state index contributed by atoms with van der Waals surface area (Å²) in [7, 11) is 0. The van der Waals surface area contributed by atoms with E-state index in [9.17, 15) is 19.2 Å². The van der Waals surface area contributed by atoms with Crippen LogP contribution >= 0.6 is 39.0 Å². The quantitative estimate of drug-likeness (QED) is 0.404. The molecule has 5 aliphatic rings. The van der Waals surface area contributed by atoms with Crippen LogP contribution in [0.5, 0.6) is 5.75 Å². The molecule has 3 amide bonds. The normalized spacial score (nSPS) is 30.8. The highest BCUT2D eigenvalue weighted by atomic mass is 79.9. The Morgan fingerprint density at radius 2 is 1.77 bits per heavy atom. The van der Waals surface area contributed by atoms with Crippen LogP contribution in [-0.2, 0) is 19.1 Å². The van der Waals surface area contributed by atoms with Crippen LogP contribution in [0.25, 0.3) is 0 Å². The molecule has 9 nitrogen and oxygen atoms in total. The lowest BCUT2D eigenvalue weighted by atomic mass is 9.68. The summed E-state index contributed by atoms with van der Waals surface area (Å²) in [5, 5.41) is 0.889. The number of rotatable bonds is 5. The maximum atomic E-state index is 14.0. The lowest BCUT2D eigenvalue weighted by Gasteiger charge is -2.43. The summed E-state index contributed by atoms with van der Waals surface area (Å²) >= 11 is 6.49. The molecule has 222 valence electrons. The maximum Gasteiger partial charge on any atom is 0.305 e. The number of nitrogens with one attached hydrogen (secondary N) is 1. The summed E-state index contributed by atoms with van der Waals surface area (Å²) in [5.74, 6) is -0.681. The molecule has 12 heteroatoms. The second-order valence-electron chi connectivity index (χ2n) is 11.8. The molecule has 4 heterocycles. The van der Waals surface area contributed by atoms with Crippen LogP contribution in [-0.4, -0.2) is 65.8 Å². The zero-order chi connectivity index (χ0) is 29.4. The molecule has 3 aromatic rings. The van der Waals surface area contributed by atoms with E-state index in [2.05, 4.69) is 20.9 Å². The van der Waals surface area contributed by atoms with Crippen LogP contribution in [0, 0.1) is 29.6 Å². The highest BCUT2D eigenvalue weighted by molar-refractivity contribution is 9.10. The molecule has 1 aromatic heterocycles. The number of benzene rings is 2. The Labute approximate surface area is 264 Å². The first-order valence-corrected chi connectivity index (χ1v) is 17.0. The number of thiazole rings is 1. The Bertz CT molecular complexity index is 1690. The number of anilines is 1. The first-order valence-electron chi connectivity index (χ1n) is 14.5. The van der Waals surface area contributed by atoms with Crippen molar-refractivity contribution in [2.75, 3.05) is 37.8 Å². The molecule has 2 saturated carbocycles. The van der Waals surface area contributed by atoms with Gasteiger partial charge in [0.1, 0.15) is 5.75 Å². The molecule has 2 bridgehead atoms. The van der Waals surface area contributed by atoms with E-state index in [4.69, 9.17) is 9.47 Å². The van der Waals surface area contributed by atoms with Crippen molar-refractivity contribution in [3.05, 3.63) is 73.1 Å². The van der Waals surface area contributed by atoms with Gasteiger partial charge < -0.3 is 19.4 Å². The lowest BCUT2D eigenvalue weighted by Crippen LogP contribution is -2.43. The number of morpholine rings is 1. The van der Waals surface area contributed by atoms with E-state index < -0.39 is 5.92 Å². The zero-order valence-corrected chi connectivity index (χ0v) is 26.2. The van der Waals surface area contributed by atoms with Crippen LogP contribution < -0.4 is 14.5 Å². The number of aromatic nitrogens is 1. The third-order valence-corrected chi connectivity index (χ3v) is 12.8. The molecule has 4 fully saturated rings. The second kappa shape index (κ2) is 10.6. The number of aromatic amines is 1. The fourth-order valence-electron chi connectivity index (χ4n) is 8.13. The summed E-state index contributed by atoms with van der Waals surface area (Å²) in [6.07, 6.45) is 0.799. The number of hydrogen-bond donors (Lipinski definition) is 1. The van der Waals surface area contributed by atoms with E-state index in [0.717, 1.165) is 26.4 Å². The Morgan fingerprint density at radius 1 is 1.02 bits per heavy atom. The van der Waals surface area contributed by atoms with Crippen molar-refractivity contribution in [3.63, 3.8) is 0 Å². The largest absolute Gasteiger partial charge is 0.483 e. The average molecular weight is 683 g/mol. The summed E-state index contributed by atoms with van der Waals surface area (Å²) < 4.78 is 12.5. The number of H-pyrrole nitrogens is 1. The van der Waals surface area contributed by atoms with Crippen molar-refractivity contribution >= 4 is 62.4 Å². The number of amides is 3. The Morgan fingerprint density at radius 3 is 2.53 bits per heavy atom. The number of nitrogens with zero attached hydrogens (tertiary/aromatic N) is 2. The number of fused-ring (bicyclic) bond motifs is 9. The van der Waals surface area contributed by atoms with Crippen molar-refractivity contribution < 1.29 is 23.9 Å². The Hall–Kier alpha value is -2.93. The van der Waals surface area contributed by atoms with Gasteiger partial charge in [0.15, 0.2) is 6.61 Å². The SMILES string of the molecule is O=C(COc1ccc(Br)cc1[C@H]1c2sc(=O)[nH]c2SC2C3CC(C4C(=O)N(c5ccccc5)C(=O)C34)C21)N1CCOCC1. The number of carbonyl (C=O) groups is 3. The molecule has 3 aliphatic heterocycles. The van der Waals surface area contributed by atoms with Crippen molar-refractivity contribution in [3.8, 4) is 5.75 Å². The third kappa shape index (κ3) is 4.35. The van der Waals surface area contributed by atoms with Crippen molar-refractivity contribution in [2.45, 2.75) is 22.6 Å². The molecule has 43 heavy (non-hydrogen) atoms. The zero-order valence-electron chi connectivity index (χ0n) is 22.9. The van der Waals surface area contributed by atoms with E-state index in [0.29, 0.717) is 37.7 Å². The van der Waals surface area contributed by atoms with Gasteiger partial charge >= 0.3 is 4.87 Å². The Balaban J connectivity index is 1.17. The highest BCUT2D eigenvalue weighted by Gasteiger charge is 2.69. The number of thioether (sulfide) groups is 1. The smallest absolute Gasteiger partial charge is 0.305 e. The number of imide groups is 1. The van der Waals surface area contributed by atoms with Gasteiger partial charge in [-0.05, 0) is 54.5 Å². The predicted molar refractivity (Wildman–Crippen MR) is 164 cm³/mol. The first-order chi connectivity index (χ1) is 20.9. The van der Waals surface area contributed by atoms with Crippen molar-refractivity contribution in [1.82, 2.24) is 9.88 Å². The van der Waals surface area contributed by atoms with Crippen molar-refractivity contribution in [2.24, 2.45) is 29.6 Å². The van der Waals surface area contributed by atoms with Gasteiger partial charge in [0.25, 0.3) is 5.91 Å². The molecular weight excluding hydrogens is 654 g/mol. The number of carbonyl (C=O) groups excluding carboxylic acids is 3. The molecule has 8 rings (SSSR count). The topological polar surface area (TPSA) is 109 Å². The molecule has 1 N–H and O–H groups in total. The molecule has 2 aliphatic carbocycles. The standard InChI is InChI=1S/C31H28BrN3O6S2/c32-15-6-7-20(41-14-21(36)34-8-10-40-11-9-34)17(12-15)22-23-18-13-19(26(23)42-28-27(22)43-31(39)33-28)25-24(18)29(37)35(30(25)38)16-4-2-1-3-5-16/h1-7,12,18-19,22-26H,8-11,13-14H2,(H,33,39)/t18?,19?,22-,23?,24?,25?,26?/m1/s1. The summed E-state index contributed by atoms with van der Waals surface area (Å²) in [6.45, 7) is 2.01. The molecule has 2 saturated heterocycles. The molecule has 0 spiro atoms. The molecule has 6 unspecified atom stereocenters. The van der Waals surface area contributed by atoms with Gasteiger partial charge in [-0.25, -0.2) is 0 Å². The van der Waals surface area contributed by atoms with Crippen LogP contribution in [0.4, 0.5) is 5.69 Å². The van der Waals surface area contributed by atoms with E-state index >= 15 is 0 Å². The van der Waals surface area contributed by atoms with Gasteiger partial charge in [-0.15, -0.1) is 11.8 Å². The van der Waals surface area contributed by atoms with Gasteiger partial charge in [0.2, 0.25) is 11.8 Å². The first kappa shape index (κ1) is 27.6. The number of halogens is 1. The summed E-state index contributed by atoms with van der Waals surface area (Å²) in [5.41, 5.74) is 1.51.